The van der Waals surface area contributed by atoms with E-state index in [4.69, 9.17) is 0 Å². The number of benzene rings is 1. The van der Waals surface area contributed by atoms with Crippen molar-refractivity contribution in [1.82, 2.24) is 5.32 Å². The van der Waals surface area contributed by atoms with Crippen molar-refractivity contribution in [3.8, 4) is 0 Å². The highest BCUT2D eigenvalue weighted by Crippen LogP contribution is 2.08. The molecule has 1 aromatic rings. The summed E-state index contributed by atoms with van der Waals surface area (Å²) < 4.78 is 0. The number of aliphatic hydroxyl groups is 1. The number of aliphatic hydroxyl groups excluding tert-OH is 1. The van der Waals surface area contributed by atoms with Crippen LogP contribution in [0.5, 0.6) is 0 Å². The summed E-state index contributed by atoms with van der Waals surface area (Å²) in [6.45, 7) is 7.13. The molecule has 2 heteroatoms. The van der Waals surface area contributed by atoms with Crippen LogP contribution in [0.1, 0.15) is 44.2 Å². The minimum Gasteiger partial charge on any atom is -0.392 e. The van der Waals surface area contributed by atoms with Crippen molar-refractivity contribution >= 4 is 0 Å². The van der Waals surface area contributed by atoms with Gasteiger partial charge in [0.2, 0.25) is 0 Å². The Hall–Kier alpha value is -0.860. The molecule has 2 unspecified atom stereocenters. The molecule has 18 heavy (non-hydrogen) atoms. The molecule has 0 radical (unpaired) electrons. The zero-order valence-electron chi connectivity index (χ0n) is 11.9. The molecule has 0 bridgehead atoms. The molecule has 0 aliphatic carbocycles. The van der Waals surface area contributed by atoms with Crippen LogP contribution in [0.2, 0.25) is 0 Å². The summed E-state index contributed by atoms with van der Waals surface area (Å²) in [6, 6.07) is 9.14. The molecule has 0 saturated carbocycles. The van der Waals surface area contributed by atoms with Crippen LogP contribution in [0.3, 0.4) is 0 Å². The average molecular weight is 249 g/mol. The molecule has 0 aromatic heterocycles. The van der Waals surface area contributed by atoms with Gasteiger partial charge in [-0.05, 0) is 38.7 Å². The standard InChI is InChI=1S/C16H27NO/c1-4-6-16(18)12-17-14(3)9-10-15-8-5-7-13(2)11-15/h5,7-8,11,14,16-18H,4,6,9-10,12H2,1-3H3. The first kappa shape index (κ1) is 15.2. The van der Waals surface area contributed by atoms with E-state index in [0.29, 0.717) is 12.6 Å². The van der Waals surface area contributed by atoms with E-state index in [2.05, 4.69) is 50.4 Å². The molecule has 0 fully saturated rings. The van der Waals surface area contributed by atoms with E-state index in [9.17, 15) is 5.11 Å². The molecule has 0 saturated heterocycles. The van der Waals surface area contributed by atoms with E-state index in [-0.39, 0.29) is 6.10 Å². The highest BCUT2D eigenvalue weighted by Gasteiger charge is 2.06. The fourth-order valence-electron chi connectivity index (χ4n) is 2.13. The maximum absolute atomic E-state index is 9.66. The number of nitrogens with one attached hydrogen (secondary N) is 1. The van der Waals surface area contributed by atoms with Crippen molar-refractivity contribution < 1.29 is 5.11 Å². The van der Waals surface area contributed by atoms with Crippen LogP contribution in [-0.4, -0.2) is 23.8 Å². The normalized spacial score (nSPS) is 14.4. The quantitative estimate of drug-likeness (QED) is 0.742. The van der Waals surface area contributed by atoms with Crippen LogP contribution in [-0.2, 0) is 6.42 Å². The molecular formula is C16H27NO. The van der Waals surface area contributed by atoms with Crippen LogP contribution in [0, 0.1) is 6.92 Å². The minimum atomic E-state index is -0.198. The van der Waals surface area contributed by atoms with Crippen LogP contribution < -0.4 is 5.32 Å². The second-order valence-corrected chi connectivity index (χ2v) is 5.28. The zero-order valence-corrected chi connectivity index (χ0v) is 11.9. The van der Waals surface area contributed by atoms with Crippen molar-refractivity contribution in [1.29, 1.82) is 0 Å². The van der Waals surface area contributed by atoms with E-state index in [1.807, 2.05) is 0 Å². The van der Waals surface area contributed by atoms with Gasteiger partial charge in [0.05, 0.1) is 6.10 Å². The Morgan fingerprint density at radius 2 is 2.06 bits per heavy atom. The number of hydrogen-bond donors (Lipinski definition) is 2. The molecule has 0 spiro atoms. The smallest absolute Gasteiger partial charge is 0.0664 e. The van der Waals surface area contributed by atoms with Crippen molar-refractivity contribution in [2.45, 2.75) is 58.6 Å². The van der Waals surface area contributed by atoms with Gasteiger partial charge in [-0.1, -0.05) is 43.2 Å². The summed E-state index contributed by atoms with van der Waals surface area (Å²) >= 11 is 0. The number of hydrogen-bond acceptors (Lipinski definition) is 2. The molecule has 1 aromatic carbocycles. The lowest BCUT2D eigenvalue weighted by Crippen LogP contribution is -2.34. The molecule has 0 amide bonds. The predicted molar refractivity (Wildman–Crippen MR) is 77.9 cm³/mol. The van der Waals surface area contributed by atoms with Gasteiger partial charge < -0.3 is 10.4 Å². The molecular weight excluding hydrogens is 222 g/mol. The van der Waals surface area contributed by atoms with E-state index in [1.54, 1.807) is 0 Å². The Bertz CT molecular complexity index is 338. The molecule has 1 rings (SSSR count). The molecule has 0 heterocycles. The van der Waals surface area contributed by atoms with Gasteiger partial charge in [-0.2, -0.15) is 0 Å². The SMILES string of the molecule is CCCC(O)CNC(C)CCc1cccc(C)c1. The van der Waals surface area contributed by atoms with E-state index < -0.39 is 0 Å². The summed E-state index contributed by atoms with van der Waals surface area (Å²) in [6.07, 6.45) is 3.94. The van der Waals surface area contributed by atoms with Gasteiger partial charge in [0, 0.05) is 12.6 Å². The summed E-state index contributed by atoms with van der Waals surface area (Å²) in [5.41, 5.74) is 2.73. The Labute approximate surface area is 111 Å². The van der Waals surface area contributed by atoms with Crippen LogP contribution in [0.4, 0.5) is 0 Å². The van der Waals surface area contributed by atoms with Crippen LogP contribution in [0.15, 0.2) is 24.3 Å². The third kappa shape index (κ3) is 6.18. The Morgan fingerprint density at radius 3 is 2.72 bits per heavy atom. The average Bonchev–Trinajstić information content (AvgIpc) is 2.34. The first-order valence-corrected chi connectivity index (χ1v) is 7.08. The van der Waals surface area contributed by atoms with Gasteiger partial charge in [0.25, 0.3) is 0 Å². The van der Waals surface area contributed by atoms with Gasteiger partial charge in [0.1, 0.15) is 0 Å². The first-order valence-electron chi connectivity index (χ1n) is 7.08. The lowest BCUT2D eigenvalue weighted by atomic mass is 10.0. The summed E-state index contributed by atoms with van der Waals surface area (Å²) in [4.78, 5) is 0. The Balaban J connectivity index is 2.22. The maximum Gasteiger partial charge on any atom is 0.0664 e. The summed E-state index contributed by atoms with van der Waals surface area (Å²) in [5.74, 6) is 0. The second kappa shape index (κ2) is 8.28. The number of aryl methyl sites for hydroxylation is 2. The van der Waals surface area contributed by atoms with Crippen molar-refractivity contribution in [3.63, 3.8) is 0 Å². The molecule has 2 nitrogen and oxygen atoms in total. The van der Waals surface area contributed by atoms with Crippen molar-refractivity contribution in [2.24, 2.45) is 0 Å². The highest BCUT2D eigenvalue weighted by atomic mass is 16.3. The fourth-order valence-corrected chi connectivity index (χ4v) is 2.13. The highest BCUT2D eigenvalue weighted by molar-refractivity contribution is 5.22. The van der Waals surface area contributed by atoms with Gasteiger partial charge in [-0.15, -0.1) is 0 Å². The molecule has 2 N–H and O–H groups in total. The second-order valence-electron chi connectivity index (χ2n) is 5.28. The maximum atomic E-state index is 9.66. The molecule has 102 valence electrons. The van der Waals surface area contributed by atoms with Gasteiger partial charge in [0.15, 0.2) is 0 Å². The zero-order chi connectivity index (χ0) is 13.4. The lowest BCUT2D eigenvalue weighted by molar-refractivity contribution is 0.156. The molecule has 2 atom stereocenters. The minimum absolute atomic E-state index is 0.198. The van der Waals surface area contributed by atoms with Crippen LogP contribution >= 0.6 is 0 Å². The first-order chi connectivity index (χ1) is 8.61. The van der Waals surface area contributed by atoms with E-state index in [1.165, 1.54) is 11.1 Å². The topological polar surface area (TPSA) is 32.3 Å². The lowest BCUT2D eigenvalue weighted by Gasteiger charge is -2.16. The predicted octanol–water partition coefficient (Wildman–Crippen LogP) is 3.07. The monoisotopic (exact) mass is 249 g/mol. The van der Waals surface area contributed by atoms with E-state index >= 15 is 0 Å². The Morgan fingerprint density at radius 1 is 1.28 bits per heavy atom. The fraction of sp³-hybridized carbons (Fsp3) is 0.625. The van der Waals surface area contributed by atoms with Crippen LogP contribution in [0.25, 0.3) is 0 Å². The van der Waals surface area contributed by atoms with Crippen molar-refractivity contribution in [2.75, 3.05) is 6.54 Å². The molecule has 0 aliphatic rings. The van der Waals surface area contributed by atoms with Gasteiger partial charge >= 0.3 is 0 Å². The third-order valence-corrected chi connectivity index (χ3v) is 3.27. The van der Waals surface area contributed by atoms with Gasteiger partial charge in [-0.3, -0.25) is 0 Å². The summed E-state index contributed by atoms with van der Waals surface area (Å²) in [7, 11) is 0. The van der Waals surface area contributed by atoms with E-state index in [0.717, 1.165) is 25.7 Å². The Kier molecular flexibility index (Phi) is 6.99. The largest absolute Gasteiger partial charge is 0.392 e. The number of rotatable bonds is 8. The third-order valence-electron chi connectivity index (χ3n) is 3.27. The summed E-state index contributed by atoms with van der Waals surface area (Å²) in [5, 5.41) is 13.1. The van der Waals surface area contributed by atoms with Crippen molar-refractivity contribution in [3.05, 3.63) is 35.4 Å². The van der Waals surface area contributed by atoms with Gasteiger partial charge in [-0.25, -0.2) is 0 Å². The molecule has 0 aliphatic heterocycles.